The molecule has 1 aliphatic heterocycles. The maximum Gasteiger partial charge on any atom is 0.264 e. The highest BCUT2D eigenvalue weighted by atomic mass is 32.2. The van der Waals surface area contributed by atoms with Crippen molar-refractivity contribution in [3.8, 4) is 11.5 Å². The normalized spacial score (nSPS) is 14.4. The molecule has 9 heteroatoms. The summed E-state index contributed by atoms with van der Waals surface area (Å²) in [5.74, 6) is 0.515. The molecule has 38 heavy (non-hydrogen) atoms. The van der Waals surface area contributed by atoms with Crippen LogP contribution < -0.4 is 13.8 Å². The molecule has 3 aromatic carbocycles. The van der Waals surface area contributed by atoms with Gasteiger partial charge in [0.05, 0.1) is 24.8 Å². The molecule has 0 atom stereocenters. The molecule has 0 spiro atoms. The summed E-state index contributed by atoms with van der Waals surface area (Å²) >= 11 is 0. The molecule has 0 bridgehead atoms. The van der Waals surface area contributed by atoms with Crippen LogP contribution in [0.1, 0.15) is 5.56 Å². The first-order valence-corrected chi connectivity index (χ1v) is 13.9. The van der Waals surface area contributed by atoms with Crippen LogP contribution in [0.2, 0.25) is 0 Å². The third-order valence-corrected chi connectivity index (χ3v) is 8.24. The van der Waals surface area contributed by atoms with E-state index in [9.17, 15) is 13.2 Å². The average Bonchev–Trinajstić information content (AvgIpc) is 2.96. The van der Waals surface area contributed by atoms with Gasteiger partial charge in [-0.3, -0.25) is 14.0 Å². The number of anilines is 1. The van der Waals surface area contributed by atoms with Gasteiger partial charge in [-0.05, 0) is 29.8 Å². The number of carbonyl (C=O) groups is 1. The number of ether oxygens (including phenoxy) is 2. The van der Waals surface area contributed by atoms with Crippen LogP contribution in [-0.4, -0.2) is 77.6 Å². The van der Waals surface area contributed by atoms with Crippen LogP contribution in [0.15, 0.2) is 89.8 Å². The van der Waals surface area contributed by atoms with E-state index in [1.165, 1.54) is 26.4 Å². The zero-order chi connectivity index (χ0) is 27.0. The Morgan fingerprint density at radius 2 is 1.55 bits per heavy atom. The lowest BCUT2D eigenvalue weighted by Crippen LogP contribution is -2.51. The summed E-state index contributed by atoms with van der Waals surface area (Å²) in [6.07, 6.45) is 4.21. The number of nitrogens with zero attached hydrogens (tertiary/aromatic N) is 3. The van der Waals surface area contributed by atoms with Gasteiger partial charge in [0.25, 0.3) is 10.0 Å². The van der Waals surface area contributed by atoms with Gasteiger partial charge in [0.2, 0.25) is 5.91 Å². The van der Waals surface area contributed by atoms with Crippen LogP contribution in [0.25, 0.3) is 6.08 Å². The molecule has 8 nitrogen and oxygen atoms in total. The number of benzene rings is 3. The standard InChI is InChI=1S/C29H33N3O5S/c1-36-25-15-16-28(37-2)27(22-25)32(38(34,35)26-13-7-4-8-14-26)23-29(33)31-20-18-30(19-21-31)17-9-12-24-10-5-3-6-11-24/h3-16,22H,17-21,23H2,1-2H3/b12-9+. The number of methoxy groups -OCH3 is 2. The Morgan fingerprint density at radius 3 is 2.18 bits per heavy atom. The number of sulfonamides is 1. The molecule has 0 aliphatic carbocycles. The van der Waals surface area contributed by atoms with E-state index in [1.54, 1.807) is 41.3 Å². The zero-order valence-corrected chi connectivity index (χ0v) is 22.5. The van der Waals surface area contributed by atoms with E-state index in [1.807, 2.05) is 18.2 Å². The Morgan fingerprint density at radius 1 is 0.895 bits per heavy atom. The summed E-state index contributed by atoms with van der Waals surface area (Å²) in [5, 5.41) is 0. The molecule has 1 aliphatic rings. The van der Waals surface area contributed by atoms with Gasteiger partial charge in [-0.1, -0.05) is 60.7 Å². The first-order valence-electron chi connectivity index (χ1n) is 12.4. The lowest BCUT2D eigenvalue weighted by Gasteiger charge is -2.35. The molecule has 1 heterocycles. The molecule has 1 fully saturated rings. The van der Waals surface area contributed by atoms with Crippen molar-refractivity contribution < 1.29 is 22.7 Å². The van der Waals surface area contributed by atoms with Crippen molar-refractivity contribution in [3.05, 3.63) is 90.5 Å². The van der Waals surface area contributed by atoms with Crippen LogP contribution in [0, 0.1) is 0 Å². The van der Waals surface area contributed by atoms with E-state index < -0.39 is 10.0 Å². The van der Waals surface area contributed by atoms with E-state index in [4.69, 9.17) is 9.47 Å². The van der Waals surface area contributed by atoms with Gasteiger partial charge in [0, 0.05) is 38.8 Å². The maximum absolute atomic E-state index is 13.7. The molecular weight excluding hydrogens is 502 g/mol. The van der Waals surface area contributed by atoms with Gasteiger partial charge in [-0.2, -0.15) is 0 Å². The zero-order valence-electron chi connectivity index (χ0n) is 21.7. The van der Waals surface area contributed by atoms with Gasteiger partial charge in [0.1, 0.15) is 18.0 Å². The van der Waals surface area contributed by atoms with Crippen molar-refractivity contribution in [2.75, 3.05) is 57.8 Å². The van der Waals surface area contributed by atoms with Crippen molar-refractivity contribution in [1.82, 2.24) is 9.80 Å². The molecule has 0 radical (unpaired) electrons. The summed E-state index contributed by atoms with van der Waals surface area (Å²) in [4.78, 5) is 17.5. The predicted octanol–water partition coefficient (Wildman–Crippen LogP) is 3.76. The first kappa shape index (κ1) is 27.2. The predicted molar refractivity (Wildman–Crippen MR) is 149 cm³/mol. The van der Waals surface area contributed by atoms with Crippen molar-refractivity contribution in [1.29, 1.82) is 0 Å². The van der Waals surface area contributed by atoms with E-state index in [2.05, 4.69) is 29.2 Å². The number of rotatable bonds is 10. The monoisotopic (exact) mass is 535 g/mol. The highest BCUT2D eigenvalue weighted by molar-refractivity contribution is 7.92. The van der Waals surface area contributed by atoms with E-state index in [-0.39, 0.29) is 23.0 Å². The number of hydrogen-bond donors (Lipinski definition) is 0. The minimum atomic E-state index is -4.06. The fourth-order valence-electron chi connectivity index (χ4n) is 4.32. The van der Waals surface area contributed by atoms with Gasteiger partial charge < -0.3 is 14.4 Å². The molecule has 1 amide bonds. The average molecular weight is 536 g/mol. The first-order chi connectivity index (χ1) is 18.4. The Kier molecular flexibility index (Phi) is 9.04. The molecule has 4 rings (SSSR count). The fourth-order valence-corrected chi connectivity index (χ4v) is 5.75. The van der Waals surface area contributed by atoms with Crippen molar-refractivity contribution >= 4 is 27.7 Å². The third kappa shape index (κ3) is 6.54. The number of piperazine rings is 1. The summed E-state index contributed by atoms with van der Waals surface area (Å²) < 4.78 is 39.4. The summed E-state index contributed by atoms with van der Waals surface area (Å²) in [5.41, 5.74) is 1.39. The van der Waals surface area contributed by atoms with Crippen LogP contribution in [0.5, 0.6) is 11.5 Å². The number of hydrogen-bond acceptors (Lipinski definition) is 6. The smallest absolute Gasteiger partial charge is 0.264 e. The van der Waals surface area contributed by atoms with Gasteiger partial charge in [-0.15, -0.1) is 0 Å². The molecule has 0 N–H and O–H groups in total. The highest BCUT2D eigenvalue weighted by Crippen LogP contribution is 2.35. The van der Waals surface area contributed by atoms with Crippen LogP contribution in [0.4, 0.5) is 5.69 Å². The molecule has 0 saturated carbocycles. The minimum absolute atomic E-state index is 0.0905. The van der Waals surface area contributed by atoms with Crippen molar-refractivity contribution in [2.45, 2.75) is 4.90 Å². The fraction of sp³-hybridized carbons (Fsp3) is 0.276. The lowest BCUT2D eigenvalue weighted by atomic mass is 10.2. The second kappa shape index (κ2) is 12.6. The Hall–Kier alpha value is -3.82. The van der Waals surface area contributed by atoms with E-state index >= 15 is 0 Å². The summed E-state index contributed by atoms with van der Waals surface area (Å²) in [6, 6.07) is 23.1. The number of amides is 1. The van der Waals surface area contributed by atoms with Gasteiger partial charge in [0.15, 0.2) is 0 Å². The summed E-state index contributed by atoms with van der Waals surface area (Å²) in [7, 11) is -1.10. The SMILES string of the molecule is COc1ccc(OC)c(N(CC(=O)N2CCN(C/C=C/c3ccccc3)CC2)S(=O)(=O)c2ccccc2)c1. The van der Waals surface area contributed by atoms with Crippen LogP contribution >= 0.6 is 0 Å². The van der Waals surface area contributed by atoms with Crippen molar-refractivity contribution in [2.24, 2.45) is 0 Å². The summed E-state index contributed by atoms with van der Waals surface area (Å²) in [6.45, 7) is 2.89. The second-order valence-corrected chi connectivity index (χ2v) is 10.7. The second-order valence-electron chi connectivity index (χ2n) is 8.86. The molecule has 0 aromatic heterocycles. The Bertz CT molecular complexity index is 1340. The molecule has 0 unspecified atom stereocenters. The van der Waals surface area contributed by atoms with Gasteiger partial charge in [-0.25, -0.2) is 8.42 Å². The minimum Gasteiger partial charge on any atom is -0.497 e. The highest BCUT2D eigenvalue weighted by Gasteiger charge is 2.32. The van der Waals surface area contributed by atoms with Gasteiger partial charge >= 0.3 is 0 Å². The number of carbonyl (C=O) groups excluding carboxylic acids is 1. The lowest BCUT2D eigenvalue weighted by molar-refractivity contribution is -0.131. The van der Waals surface area contributed by atoms with Crippen molar-refractivity contribution in [3.63, 3.8) is 0 Å². The topological polar surface area (TPSA) is 79.4 Å². The molecular formula is C29H33N3O5S. The third-order valence-electron chi connectivity index (χ3n) is 6.46. The molecule has 1 saturated heterocycles. The maximum atomic E-state index is 13.7. The van der Waals surface area contributed by atoms with Crippen LogP contribution in [-0.2, 0) is 14.8 Å². The van der Waals surface area contributed by atoms with E-state index in [0.717, 1.165) is 16.4 Å². The largest absolute Gasteiger partial charge is 0.497 e. The van der Waals surface area contributed by atoms with E-state index in [0.29, 0.717) is 37.7 Å². The quantitative estimate of drug-likeness (QED) is 0.394. The van der Waals surface area contributed by atoms with Crippen LogP contribution in [0.3, 0.4) is 0 Å². The molecule has 200 valence electrons. The molecule has 3 aromatic rings. The Labute approximate surface area is 224 Å². The Balaban J connectivity index is 1.49.